The fourth-order valence-corrected chi connectivity index (χ4v) is 5.12. The Morgan fingerprint density at radius 3 is 2.64 bits per heavy atom. The highest BCUT2D eigenvalue weighted by atomic mass is 32.2. The van der Waals surface area contributed by atoms with Gasteiger partial charge in [-0.2, -0.15) is 4.31 Å². The molecule has 2 aromatic carbocycles. The van der Waals surface area contributed by atoms with Gasteiger partial charge in [0.25, 0.3) is 5.91 Å². The normalized spacial score (nSPS) is 17.1. The molecule has 0 bridgehead atoms. The number of sulfonamides is 1. The third kappa shape index (κ3) is 4.24. The van der Waals surface area contributed by atoms with E-state index in [2.05, 4.69) is 20.8 Å². The highest BCUT2D eigenvalue weighted by Crippen LogP contribution is 2.38. The maximum absolute atomic E-state index is 14.6. The van der Waals surface area contributed by atoms with Crippen molar-refractivity contribution in [2.75, 3.05) is 31.6 Å². The van der Waals surface area contributed by atoms with Crippen LogP contribution in [0.4, 0.5) is 10.1 Å². The molecule has 1 amide bonds. The number of rotatable bonds is 6. The summed E-state index contributed by atoms with van der Waals surface area (Å²) < 4.78 is 48.6. The summed E-state index contributed by atoms with van der Waals surface area (Å²) >= 11 is 0. The molecule has 2 aliphatic rings. The molecule has 12 heteroatoms. The zero-order valence-corrected chi connectivity index (χ0v) is 18.3. The van der Waals surface area contributed by atoms with Crippen molar-refractivity contribution >= 4 is 21.6 Å². The van der Waals surface area contributed by atoms with Crippen LogP contribution in [-0.2, 0) is 14.8 Å². The Hall–Kier alpha value is -3.22. The van der Waals surface area contributed by atoms with Crippen molar-refractivity contribution in [1.29, 1.82) is 0 Å². The Labute approximate surface area is 189 Å². The van der Waals surface area contributed by atoms with Crippen LogP contribution in [0.1, 0.15) is 29.2 Å². The first kappa shape index (κ1) is 21.6. The molecule has 1 N–H and O–H groups in total. The molecule has 1 aromatic heterocycles. The lowest BCUT2D eigenvalue weighted by Crippen LogP contribution is -2.40. The molecule has 172 valence electrons. The van der Waals surface area contributed by atoms with Gasteiger partial charge in [0.05, 0.1) is 35.4 Å². The number of hydrogen-bond donors (Lipinski definition) is 1. The average Bonchev–Trinajstić information content (AvgIpc) is 3.56. The van der Waals surface area contributed by atoms with E-state index >= 15 is 0 Å². The fraction of sp³-hybridized carbons (Fsp3) is 0.333. The molecule has 0 unspecified atom stereocenters. The molecule has 0 radical (unpaired) electrons. The molecule has 10 nitrogen and oxygen atoms in total. The number of para-hydroxylation sites is 1. The summed E-state index contributed by atoms with van der Waals surface area (Å²) in [6.45, 7) is 0.963. The Balaban J connectivity index is 1.44. The average molecular weight is 473 g/mol. The Morgan fingerprint density at radius 2 is 1.88 bits per heavy atom. The number of carbonyl (C=O) groups excluding carboxylic acids is 1. The standard InChI is InChI=1S/C21H21FN6O4S/c22-18-8-7-15(33(30,31)27-9-11-32-12-10-27)13-17(18)21(29)23-19-4-2-1-3-16(19)20-24-25-26-28(20)14-5-6-14/h1-4,7-8,13-14H,5-6,9-12H2,(H,23,29). The van der Waals surface area contributed by atoms with Crippen LogP contribution < -0.4 is 5.32 Å². The number of aromatic nitrogens is 4. The summed E-state index contributed by atoms with van der Waals surface area (Å²) in [7, 11) is -3.88. The fourth-order valence-electron chi connectivity index (χ4n) is 3.69. The minimum Gasteiger partial charge on any atom is -0.379 e. The number of halogens is 1. The van der Waals surface area contributed by atoms with Gasteiger partial charge in [-0.25, -0.2) is 17.5 Å². The summed E-state index contributed by atoms with van der Waals surface area (Å²) in [6, 6.07) is 10.4. The Bertz CT molecular complexity index is 1300. The van der Waals surface area contributed by atoms with E-state index in [1.165, 1.54) is 4.31 Å². The lowest BCUT2D eigenvalue weighted by Gasteiger charge is -2.26. The van der Waals surface area contributed by atoms with Crippen molar-refractivity contribution in [1.82, 2.24) is 24.5 Å². The van der Waals surface area contributed by atoms with Gasteiger partial charge in [0.15, 0.2) is 5.82 Å². The van der Waals surface area contributed by atoms with Crippen LogP contribution in [0.25, 0.3) is 11.4 Å². The molecule has 2 fully saturated rings. The lowest BCUT2D eigenvalue weighted by molar-refractivity contribution is 0.0730. The molecule has 1 saturated carbocycles. The number of tetrazole rings is 1. The first-order valence-corrected chi connectivity index (χ1v) is 12.0. The topological polar surface area (TPSA) is 119 Å². The Kier molecular flexibility index (Phi) is 5.64. The number of nitrogens with zero attached hydrogens (tertiary/aromatic N) is 5. The van der Waals surface area contributed by atoms with E-state index < -0.39 is 21.7 Å². The maximum atomic E-state index is 14.6. The molecule has 1 aliphatic heterocycles. The lowest BCUT2D eigenvalue weighted by atomic mass is 10.1. The molecule has 3 aromatic rings. The summed E-state index contributed by atoms with van der Waals surface area (Å²) in [5, 5.41) is 14.5. The van der Waals surface area contributed by atoms with Gasteiger partial charge in [0, 0.05) is 18.7 Å². The zero-order valence-electron chi connectivity index (χ0n) is 17.5. The third-order valence-corrected chi connectivity index (χ3v) is 7.49. The molecule has 33 heavy (non-hydrogen) atoms. The number of nitrogens with one attached hydrogen (secondary N) is 1. The molecule has 0 spiro atoms. The first-order chi connectivity index (χ1) is 15.9. The van der Waals surface area contributed by atoms with Crippen molar-refractivity contribution in [3.63, 3.8) is 0 Å². The van der Waals surface area contributed by atoms with Crippen LogP contribution in [0.5, 0.6) is 0 Å². The molecule has 2 heterocycles. The van der Waals surface area contributed by atoms with Crippen LogP contribution in [0.3, 0.4) is 0 Å². The number of anilines is 1. The number of ether oxygens (including phenoxy) is 1. The second-order valence-electron chi connectivity index (χ2n) is 7.84. The van der Waals surface area contributed by atoms with Crippen LogP contribution in [0, 0.1) is 5.82 Å². The zero-order chi connectivity index (χ0) is 23.0. The molecule has 1 aliphatic carbocycles. The summed E-state index contributed by atoms with van der Waals surface area (Å²) in [5.41, 5.74) is 0.598. The predicted molar refractivity (Wildman–Crippen MR) is 115 cm³/mol. The minimum atomic E-state index is -3.88. The largest absolute Gasteiger partial charge is 0.379 e. The van der Waals surface area contributed by atoms with Crippen molar-refractivity contribution in [2.45, 2.75) is 23.8 Å². The van der Waals surface area contributed by atoms with Gasteiger partial charge in [0.1, 0.15) is 5.82 Å². The van der Waals surface area contributed by atoms with E-state index in [1.807, 2.05) is 0 Å². The predicted octanol–water partition coefficient (Wildman–Crippen LogP) is 2.09. The number of amides is 1. The quantitative estimate of drug-likeness (QED) is 0.583. The first-order valence-electron chi connectivity index (χ1n) is 10.5. The van der Waals surface area contributed by atoms with Crippen LogP contribution in [-0.4, -0.2) is 65.1 Å². The minimum absolute atomic E-state index is 0.151. The van der Waals surface area contributed by atoms with Crippen molar-refractivity contribution in [3.8, 4) is 11.4 Å². The third-order valence-electron chi connectivity index (χ3n) is 5.59. The van der Waals surface area contributed by atoms with Gasteiger partial charge < -0.3 is 10.1 Å². The van der Waals surface area contributed by atoms with Crippen LogP contribution in [0.2, 0.25) is 0 Å². The second kappa shape index (κ2) is 8.61. The van der Waals surface area contributed by atoms with Gasteiger partial charge in [-0.05, 0) is 53.6 Å². The van der Waals surface area contributed by atoms with E-state index in [0.29, 0.717) is 17.1 Å². The van der Waals surface area contributed by atoms with E-state index in [-0.39, 0.29) is 42.8 Å². The van der Waals surface area contributed by atoms with Crippen molar-refractivity contribution in [2.24, 2.45) is 0 Å². The molecule has 1 saturated heterocycles. The van der Waals surface area contributed by atoms with Gasteiger partial charge >= 0.3 is 0 Å². The summed E-state index contributed by atoms with van der Waals surface area (Å²) in [6.07, 6.45) is 1.95. The van der Waals surface area contributed by atoms with Gasteiger partial charge in [-0.1, -0.05) is 12.1 Å². The van der Waals surface area contributed by atoms with Crippen molar-refractivity contribution < 1.29 is 22.3 Å². The van der Waals surface area contributed by atoms with Crippen LogP contribution >= 0.6 is 0 Å². The summed E-state index contributed by atoms with van der Waals surface area (Å²) in [5.74, 6) is -1.10. The number of carbonyl (C=O) groups is 1. The van der Waals surface area contributed by atoms with E-state index in [0.717, 1.165) is 31.0 Å². The Morgan fingerprint density at radius 1 is 1.12 bits per heavy atom. The highest BCUT2D eigenvalue weighted by Gasteiger charge is 2.30. The number of hydrogen-bond acceptors (Lipinski definition) is 7. The van der Waals surface area contributed by atoms with Crippen molar-refractivity contribution in [3.05, 3.63) is 53.8 Å². The monoisotopic (exact) mass is 472 g/mol. The maximum Gasteiger partial charge on any atom is 0.258 e. The molecule has 5 rings (SSSR count). The van der Waals surface area contributed by atoms with E-state index in [9.17, 15) is 17.6 Å². The number of benzene rings is 2. The highest BCUT2D eigenvalue weighted by molar-refractivity contribution is 7.89. The van der Waals surface area contributed by atoms with Crippen LogP contribution in [0.15, 0.2) is 47.4 Å². The molecule has 0 atom stereocenters. The molecular weight excluding hydrogens is 451 g/mol. The van der Waals surface area contributed by atoms with E-state index in [4.69, 9.17) is 4.74 Å². The van der Waals surface area contributed by atoms with Gasteiger partial charge in [0.2, 0.25) is 10.0 Å². The SMILES string of the molecule is O=C(Nc1ccccc1-c1nnnn1C1CC1)c1cc(S(=O)(=O)N2CCOCC2)ccc1F. The van der Waals surface area contributed by atoms with Gasteiger partial charge in [-0.15, -0.1) is 5.10 Å². The second-order valence-corrected chi connectivity index (χ2v) is 9.77. The van der Waals surface area contributed by atoms with Gasteiger partial charge in [-0.3, -0.25) is 4.79 Å². The molecular formula is C21H21FN6O4S. The summed E-state index contributed by atoms with van der Waals surface area (Å²) in [4.78, 5) is 12.9. The van der Waals surface area contributed by atoms with E-state index in [1.54, 1.807) is 28.9 Å². The number of morpholine rings is 1. The smallest absolute Gasteiger partial charge is 0.258 e.